The van der Waals surface area contributed by atoms with Crippen molar-refractivity contribution in [3.63, 3.8) is 0 Å². The number of hydrogen-bond acceptors (Lipinski definition) is 4. The number of rotatable bonds is 5. The Hall–Kier alpha value is -2.27. The first-order valence-corrected chi connectivity index (χ1v) is 7.09. The van der Waals surface area contributed by atoms with Crippen LogP contribution in [0.2, 0.25) is 0 Å². The second kappa shape index (κ2) is 5.61. The van der Waals surface area contributed by atoms with Crippen LogP contribution in [0.3, 0.4) is 0 Å². The van der Waals surface area contributed by atoms with Crippen LogP contribution in [0, 0.1) is 6.92 Å². The summed E-state index contributed by atoms with van der Waals surface area (Å²) in [6.45, 7) is 5.63. The van der Waals surface area contributed by atoms with Gasteiger partial charge in [0.15, 0.2) is 11.5 Å². The minimum absolute atomic E-state index is 0.316. The number of benzene rings is 1. The highest BCUT2D eigenvalue weighted by Crippen LogP contribution is 2.33. The third kappa shape index (κ3) is 2.52. The molecule has 0 radical (unpaired) electrons. The molecule has 0 saturated heterocycles. The molecule has 2 heterocycles. The molecule has 3 rings (SSSR count). The highest BCUT2D eigenvalue weighted by molar-refractivity contribution is 5.85. The highest BCUT2D eigenvalue weighted by atomic mass is 16.5. The number of ether oxygens (including phenoxy) is 1. The van der Waals surface area contributed by atoms with Crippen LogP contribution in [0.5, 0.6) is 5.75 Å². The quantitative estimate of drug-likeness (QED) is 0.782. The molecule has 5 nitrogen and oxygen atoms in total. The van der Waals surface area contributed by atoms with Gasteiger partial charge in [-0.25, -0.2) is 0 Å². The maximum absolute atomic E-state index is 5.99. The Labute approximate surface area is 123 Å². The summed E-state index contributed by atoms with van der Waals surface area (Å²) in [5, 5.41) is 5.38. The first-order chi connectivity index (χ1) is 10.2. The highest BCUT2D eigenvalue weighted by Gasteiger charge is 2.15. The third-order valence-electron chi connectivity index (χ3n) is 3.45. The van der Waals surface area contributed by atoms with Crippen molar-refractivity contribution in [2.24, 2.45) is 5.73 Å². The van der Waals surface area contributed by atoms with Gasteiger partial charge < -0.3 is 14.9 Å². The van der Waals surface area contributed by atoms with Gasteiger partial charge >= 0.3 is 0 Å². The van der Waals surface area contributed by atoms with Crippen molar-refractivity contribution in [1.82, 2.24) is 9.78 Å². The number of para-hydroxylation sites is 1. The minimum atomic E-state index is 0.316. The van der Waals surface area contributed by atoms with Gasteiger partial charge in [-0.2, -0.15) is 5.10 Å². The molecule has 1 aromatic carbocycles. The van der Waals surface area contributed by atoms with Gasteiger partial charge in [0.1, 0.15) is 12.2 Å². The molecule has 2 aromatic heterocycles. The molecule has 3 aromatic rings. The fraction of sp³-hybridized carbons (Fsp3) is 0.312. The van der Waals surface area contributed by atoms with Crippen molar-refractivity contribution >= 4 is 11.0 Å². The molecule has 0 atom stereocenters. The molecule has 0 amide bonds. The SMILES string of the molecule is CCn1nc(C)cc1COc1c(CN)oc2ccccc12. The number of fused-ring (bicyclic) bond motifs is 1. The van der Waals surface area contributed by atoms with Gasteiger partial charge in [0.2, 0.25) is 0 Å². The summed E-state index contributed by atoms with van der Waals surface area (Å²) in [6, 6.07) is 9.84. The molecule has 0 unspecified atom stereocenters. The van der Waals surface area contributed by atoms with E-state index in [-0.39, 0.29) is 0 Å². The van der Waals surface area contributed by atoms with E-state index in [0.29, 0.717) is 18.9 Å². The summed E-state index contributed by atoms with van der Waals surface area (Å²) in [7, 11) is 0. The van der Waals surface area contributed by atoms with Gasteiger partial charge in [-0.1, -0.05) is 12.1 Å². The molecule has 0 bridgehead atoms. The van der Waals surface area contributed by atoms with Crippen molar-refractivity contribution in [3.8, 4) is 5.75 Å². The number of aromatic nitrogens is 2. The molecular formula is C16H19N3O2. The lowest BCUT2D eigenvalue weighted by molar-refractivity contribution is 0.286. The molecule has 0 aliphatic carbocycles. The topological polar surface area (TPSA) is 66.2 Å². The van der Waals surface area contributed by atoms with Gasteiger partial charge in [0.05, 0.1) is 23.3 Å². The van der Waals surface area contributed by atoms with E-state index in [1.165, 1.54) is 0 Å². The van der Waals surface area contributed by atoms with Crippen LogP contribution in [0.25, 0.3) is 11.0 Å². The Morgan fingerprint density at radius 2 is 2.14 bits per heavy atom. The Morgan fingerprint density at radius 1 is 1.33 bits per heavy atom. The van der Waals surface area contributed by atoms with Crippen LogP contribution in [0.1, 0.15) is 24.1 Å². The number of hydrogen-bond donors (Lipinski definition) is 1. The Bertz CT molecular complexity index is 758. The van der Waals surface area contributed by atoms with E-state index in [1.807, 2.05) is 41.9 Å². The predicted molar refractivity (Wildman–Crippen MR) is 81.1 cm³/mol. The monoisotopic (exact) mass is 285 g/mol. The number of furan rings is 1. The lowest BCUT2D eigenvalue weighted by Gasteiger charge is -2.07. The molecule has 21 heavy (non-hydrogen) atoms. The van der Waals surface area contributed by atoms with E-state index in [2.05, 4.69) is 12.0 Å². The summed E-state index contributed by atoms with van der Waals surface area (Å²) >= 11 is 0. The van der Waals surface area contributed by atoms with Gasteiger partial charge in [0.25, 0.3) is 0 Å². The van der Waals surface area contributed by atoms with Crippen LogP contribution in [-0.2, 0) is 19.7 Å². The maximum atomic E-state index is 5.99. The average molecular weight is 285 g/mol. The smallest absolute Gasteiger partial charge is 0.170 e. The van der Waals surface area contributed by atoms with E-state index >= 15 is 0 Å². The standard InChI is InChI=1S/C16H19N3O2/c1-3-19-12(8-11(2)18-19)10-20-16-13-6-4-5-7-14(13)21-15(16)9-17/h4-8H,3,9-10,17H2,1-2H3. The lowest BCUT2D eigenvalue weighted by Crippen LogP contribution is -2.07. The summed E-state index contributed by atoms with van der Waals surface area (Å²) in [4.78, 5) is 0. The molecule has 110 valence electrons. The van der Waals surface area contributed by atoms with Gasteiger partial charge in [0, 0.05) is 6.54 Å². The number of nitrogens with two attached hydrogens (primary N) is 1. The molecule has 0 fully saturated rings. The Morgan fingerprint density at radius 3 is 2.90 bits per heavy atom. The second-order valence-corrected chi connectivity index (χ2v) is 4.94. The van der Waals surface area contributed by atoms with Crippen molar-refractivity contribution < 1.29 is 9.15 Å². The zero-order valence-electron chi connectivity index (χ0n) is 12.3. The maximum Gasteiger partial charge on any atom is 0.170 e. The molecule has 5 heteroatoms. The van der Waals surface area contributed by atoms with Crippen LogP contribution < -0.4 is 10.5 Å². The van der Waals surface area contributed by atoms with Crippen LogP contribution >= 0.6 is 0 Å². The fourth-order valence-electron chi connectivity index (χ4n) is 2.50. The summed E-state index contributed by atoms with van der Waals surface area (Å²) in [5.74, 6) is 1.41. The molecule has 0 spiro atoms. The van der Waals surface area contributed by atoms with Gasteiger partial charge in [-0.15, -0.1) is 0 Å². The molecule has 0 aliphatic rings. The lowest BCUT2D eigenvalue weighted by atomic mass is 10.2. The normalized spacial score (nSPS) is 11.2. The first kappa shape index (κ1) is 13.7. The van der Waals surface area contributed by atoms with Crippen molar-refractivity contribution in [2.45, 2.75) is 33.5 Å². The third-order valence-corrected chi connectivity index (χ3v) is 3.45. The van der Waals surface area contributed by atoms with Crippen molar-refractivity contribution in [2.75, 3.05) is 0 Å². The molecule has 2 N–H and O–H groups in total. The molecule has 0 aliphatic heterocycles. The van der Waals surface area contributed by atoms with Gasteiger partial charge in [-0.05, 0) is 32.0 Å². The number of nitrogens with zero attached hydrogens (tertiary/aromatic N) is 2. The predicted octanol–water partition coefficient (Wildman–Crippen LogP) is 3.00. The van der Waals surface area contributed by atoms with Crippen LogP contribution in [0.4, 0.5) is 0 Å². The zero-order chi connectivity index (χ0) is 14.8. The molecular weight excluding hydrogens is 266 g/mol. The Balaban J connectivity index is 1.90. The summed E-state index contributed by atoms with van der Waals surface area (Å²) < 4.78 is 13.7. The summed E-state index contributed by atoms with van der Waals surface area (Å²) in [6.07, 6.45) is 0. The van der Waals surface area contributed by atoms with Gasteiger partial charge in [-0.3, -0.25) is 4.68 Å². The van der Waals surface area contributed by atoms with Crippen LogP contribution in [-0.4, -0.2) is 9.78 Å². The van der Waals surface area contributed by atoms with E-state index in [9.17, 15) is 0 Å². The van der Waals surface area contributed by atoms with E-state index in [4.69, 9.17) is 14.9 Å². The van der Waals surface area contributed by atoms with Crippen molar-refractivity contribution in [1.29, 1.82) is 0 Å². The number of aryl methyl sites for hydroxylation is 2. The average Bonchev–Trinajstić information content (AvgIpc) is 3.04. The first-order valence-electron chi connectivity index (χ1n) is 7.09. The zero-order valence-corrected chi connectivity index (χ0v) is 12.3. The van der Waals surface area contributed by atoms with Crippen molar-refractivity contribution in [3.05, 3.63) is 47.5 Å². The van der Waals surface area contributed by atoms with E-state index in [1.54, 1.807) is 0 Å². The second-order valence-electron chi connectivity index (χ2n) is 4.94. The van der Waals surface area contributed by atoms with E-state index in [0.717, 1.165) is 34.7 Å². The largest absolute Gasteiger partial charge is 0.483 e. The van der Waals surface area contributed by atoms with Crippen LogP contribution in [0.15, 0.2) is 34.7 Å². The Kier molecular flexibility index (Phi) is 3.66. The fourth-order valence-corrected chi connectivity index (χ4v) is 2.50. The summed E-state index contributed by atoms with van der Waals surface area (Å²) in [5.41, 5.74) is 8.59. The van der Waals surface area contributed by atoms with E-state index < -0.39 is 0 Å². The molecule has 0 saturated carbocycles. The minimum Gasteiger partial charge on any atom is -0.483 e.